The molecule has 2 atom stereocenters. The average Bonchev–Trinajstić information content (AvgIpc) is 3.38. The average molecular weight is 477 g/mol. The number of carbonyl (C=O) groups excluding carboxylic acids is 2. The molecule has 0 aliphatic carbocycles. The lowest BCUT2D eigenvalue weighted by Gasteiger charge is -2.29. The molecule has 0 radical (unpaired) electrons. The van der Waals surface area contributed by atoms with Crippen LogP contribution in [-0.2, 0) is 9.53 Å². The van der Waals surface area contributed by atoms with Crippen molar-refractivity contribution in [2.75, 3.05) is 13.2 Å². The summed E-state index contributed by atoms with van der Waals surface area (Å²) >= 11 is 4.70. The van der Waals surface area contributed by atoms with Crippen molar-refractivity contribution in [1.82, 2.24) is 9.88 Å². The summed E-state index contributed by atoms with van der Waals surface area (Å²) in [6.07, 6.45) is 1.71. The third-order valence-corrected chi connectivity index (χ3v) is 6.87. The summed E-state index contributed by atoms with van der Waals surface area (Å²) in [4.78, 5) is 32.7. The van der Waals surface area contributed by atoms with Gasteiger partial charge in [0, 0.05) is 17.6 Å². The quantitative estimate of drug-likeness (QED) is 0.651. The number of hydrogen-bond donors (Lipinski definition) is 1. The van der Waals surface area contributed by atoms with E-state index in [1.807, 2.05) is 31.2 Å². The molecule has 2 aliphatic heterocycles. The van der Waals surface area contributed by atoms with Crippen LogP contribution in [-0.4, -0.2) is 45.9 Å². The first-order valence-corrected chi connectivity index (χ1v) is 11.1. The van der Waals surface area contributed by atoms with Crippen LogP contribution in [0.1, 0.15) is 44.8 Å². The summed E-state index contributed by atoms with van der Waals surface area (Å²) < 4.78 is 6.60. The molecule has 152 valence electrons. The Hall–Kier alpha value is -2.03. The van der Waals surface area contributed by atoms with Gasteiger partial charge >= 0.3 is 0 Å². The Morgan fingerprint density at radius 2 is 2.07 bits per heavy atom. The molecule has 29 heavy (non-hydrogen) atoms. The van der Waals surface area contributed by atoms with E-state index < -0.39 is 17.7 Å². The van der Waals surface area contributed by atoms with Crippen molar-refractivity contribution >= 4 is 39.0 Å². The van der Waals surface area contributed by atoms with Crippen molar-refractivity contribution in [3.63, 3.8) is 0 Å². The molecule has 3 heterocycles. The molecule has 0 bridgehead atoms. The largest absolute Gasteiger partial charge is 0.503 e. The Morgan fingerprint density at radius 1 is 1.34 bits per heavy atom. The Bertz CT molecular complexity index is 993. The van der Waals surface area contributed by atoms with Gasteiger partial charge in [-0.25, -0.2) is 4.98 Å². The Morgan fingerprint density at radius 3 is 2.66 bits per heavy atom. The van der Waals surface area contributed by atoms with Gasteiger partial charge < -0.3 is 14.7 Å². The van der Waals surface area contributed by atoms with Crippen LogP contribution in [0.3, 0.4) is 0 Å². The minimum absolute atomic E-state index is 0.0912. The number of rotatable bonds is 5. The molecule has 1 saturated heterocycles. The molecule has 8 heteroatoms. The molecule has 1 N–H and O–H groups in total. The fraction of sp³-hybridized carbons (Fsp3) is 0.381. The van der Waals surface area contributed by atoms with Gasteiger partial charge in [0.05, 0.1) is 33.3 Å². The lowest BCUT2D eigenvalue weighted by atomic mass is 9.95. The molecule has 1 aromatic carbocycles. The number of amides is 1. The van der Waals surface area contributed by atoms with E-state index in [2.05, 4.69) is 20.9 Å². The smallest absolute Gasteiger partial charge is 0.290 e. The van der Waals surface area contributed by atoms with Crippen LogP contribution < -0.4 is 0 Å². The molecule has 6 nitrogen and oxygen atoms in total. The van der Waals surface area contributed by atoms with Gasteiger partial charge in [-0.2, -0.15) is 0 Å². The molecule has 0 saturated carbocycles. The molecule has 2 unspecified atom stereocenters. The SMILES string of the molecule is Cc1nc(C)c(C(=O)C2=C(O)C(=O)N(CC3CCCO3)C2c2ccc(Br)cc2)s1. The first kappa shape index (κ1) is 20.3. The highest BCUT2D eigenvalue weighted by atomic mass is 79.9. The summed E-state index contributed by atoms with van der Waals surface area (Å²) in [6.45, 7) is 4.60. The second-order valence-corrected chi connectivity index (χ2v) is 9.40. The van der Waals surface area contributed by atoms with Gasteiger partial charge in [0.1, 0.15) is 0 Å². The van der Waals surface area contributed by atoms with Crippen LogP contribution in [0.2, 0.25) is 0 Å². The number of aromatic nitrogens is 1. The summed E-state index contributed by atoms with van der Waals surface area (Å²) in [5.74, 6) is -1.36. The maximum atomic E-state index is 13.4. The minimum atomic E-state index is -0.658. The zero-order chi connectivity index (χ0) is 20.7. The number of thiazole rings is 1. The number of ether oxygens (including phenoxy) is 1. The van der Waals surface area contributed by atoms with Gasteiger partial charge in [0.2, 0.25) is 5.78 Å². The predicted molar refractivity (Wildman–Crippen MR) is 113 cm³/mol. The minimum Gasteiger partial charge on any atom is -0.503 e. The third kappa shape index (κ3) is 3.76. The number of hydrogen-bond acceptors (Lipinski definition) is 6. The van der Waals surface area contributed by atoms with Crippen molar-refractivity contribution in [1.29, 1.82) is 0 Å². The number of nitrogens with zero attached hydrogens (tertiary/aromatic N) is 2. The second-order valence-electron chi connectivity index (χ2n) is 7.29. The van der Waals surface area contributed by atoms with Crippen LogP contribution in [0.4, 0.5) is 0 Å². The van der Waals surface area contributed by atoms with E-state index in [0.29, 0.717) is 23.7 Å². The van der Waals surface area contributed by atoms with Crippen LogP contribution in [0, 0.1) is 13.8 Å². The van der Waals surface area contributed by atoms with Crippen molar-refractivity contribution in [2.45, 2.75) is 38.8 Å². The molecule has 1 amide bonds. The molecule has 2 aromatic rings. The van der Waals surface area contributed by atoms with E-state index in [-0.39, 0.29) is 17.5 Å². The van der Waals surface area contributed by atoms with E-state index in [9.17, 15) is 14.7 Å². The number of aliphatic hydroxyl groups is 1. The Labute approximate surface area is 181 Å². The van der Waals surface area contributed by atoms with Gasteiger partial charge in [-0.05, 0) is 44.4 Å². The van der Waals surface area contributed by atoms with Crippen LogP contribution in [0.15, 0.2) is 40.1 Å². The monoisotopic (exact) mass is 476 g/mol. The number of carbonyl (C=O) groups is 2. The van der Waals surface area contributed by atoms with E-state index >= 15 is 0 Å². The highest BCUT2D eigenvalue weighted by Gasteiger charge is 2.45. The van der Waals surface area contributed by atoms with E-state index in [4.69, 9.17) is 4.74 Å². The highest BCUT2D eigenvalue weighted by molar-refractivity contribution is 9.10. The lowest BCUT2D eigenvalue weighted by molar-refractivity contribution is -0.131. The van der Waals surface area contributed by atoms with Gasteiger partial charge in [0.15, 0.2) is 5.76 Å². The normalized spacial score (nSPS) is 22.0. The summed E-state index contributed by atoms with van der Waals surface area (Å²) in [7, 11) is 0. The highest BCUT2D eigenvalue weighted by Crippen LogP contribution is 2.41. The first-order valence-electron chi connectivity index (χ1n) is 9.46. The lowest BCUT2D eigenvalue weighted by Crippen LogP contribution is -2.37. The number of Topliss-reactive ketones (excluding diaryl/α,β-unsaturated/α-hetero) is 1. The maximum Gasteiger partial charge on any atom is 0.290 e. The Balaban J connectivity index is 1.77. The zero-order valence-corrected chi connectivity index (χ0v) is 18.5. The summed E-state index contributed by atoms with van der Waals surface area (Å²) in [5.41, 5.74) is 1.49. The number of ketones is 1. The number of benzene rings is 1. The van der Waals surface area contributed by atoms with E-state index in [1.54, 1.807) is 11.8 Å². The van der Waals surface area contributed by atoms with Gasteiger partial charge in [-0.3, -0.25) is 9.59 Å². The fourth-order valence-electron chi connectivity index (χ4n) is 3.94. The standard InChI is InChI=1S/C21H21BrN2O4S/c1-11-20(29-12(2)23-11)18(25)16-17(13-5-7-14(22)8-6-13)24(21(27)19(16)26)10-15-4-3-9-28-15/h5-8,15,17,26H,3-4,9-10H2,1-2H3. The molecular weight excluding hydrogens is 456 g/mol. The third-order valence-electron chi connectivity index (χ3n) is 5.27. The van der Waals surface area contributed by atoms with E-state index in [0.717, 1.165) is 27.9 Å². The first-order chi connectivity index (χ1) is 13.9. The van der Waals surface area contributed by atoms with Crippen LogP contribution >= 0.6 is 27.3 Å². The Kier molecular flexibility index (Phi) is 5.59. The van der Waals surface area contributed by atoms with Crippen molar-refractivity contribution < 1.29 is 19.4 Å². The van der Waals surface area contributed by atoms with Crippen molar-refractivity contribution in [2.24, 2.45) is 0 Å². The summed E-state index contributed by atoms with van der Waals surface area (Å²) in [5, 5.41) is 11.5. The summed E-state index contributed by atoms with van der Waals surface area (Å²) in [6, 6.07) is 6.80. The topological polar surface area (TPSA) is 79.7 Å². The fourth-order valence-corrected chi connectivity index (χ4v) is 5.08. The number of aryl methyl sites for hydroxylation is 2. The molecule has 0 spiro atoms. The molecule has 1 fully saturated rings. The van der Waals surface area contributed by atoms with Gasteiger partial charge in [-0.15, -0.1) is 11.3 Å². The molecule has 2 aliphatic rings. The van der Waals surface area contributed by atoms with Crippen molar-refractivity contribution in [3.8, 4) is 0 Å². The van der Waals surface area contributed by atoms with Gasteiger partial charge in [-0.1, -0.05) is 28.1 Å². The predicted octanol–water partition coefficient (Wildman–Crippen LogP) is 4.28. The van der Waals surface area contributed by atoms with Crippen LogP contribution in [0.25, 0.3) is 0 Å². The van der Waals surface area contributed by atoms with Crippen molar-refractivity contribution in [3.05, 3.63) is 61.2 Å². The second kappa shape index (κ2) is 8.01. The van der Waals surface area contributed by atoms with Crippen LogP contribution in [0.5, 0.6) is 0 Å². The maximum absolute atomic E-state index is 13.4. The molecular formula is C21H21BrN2O4S. The molecule has 4 rings (SSSR count). The number of aliphatic hydroxyl groups excluding tert-OH is 1. The molecule has 1 aromatic heterocycles. The zero-order valence-electron chi connectivity index (χ0n) is 16.1. The van der Waals surface area contributed by atoms with E-state index in [1.165, 1.54) is 11.3 Å². The van der Waals surface area contributed by atoms with Gasteiger partial charge in [0.25, 0.3) is 5.91 Å². The number of halogens is 1.